The van der Waals surface area contributed by atoms with Crippen LogP contribution in [0.25, 0.3) is 0 Å². The number of carbonyl (C=O) groups excluding carboxylic acids is 1. The lowest BCUT2D eigenvalue weighted by Gasteiger charge is -2.10. The SMILES string of the molecule is CCC(N)C(=O)NCP(=O)(O)O. The molecule has 0 aromatic rings. The molecule has 0 heterocycles. The zero-order chi connectivity index (χ0) is 9.78. The summed E-state index contributed by atoms with van der Waals surface area (Å²) in [5, 5.41) is 2.05. The summed E-state index contributed by atoms with van der Waals surface area (Å²) in [6.45, 7) is 1.71. The number of amides is 1. The van der Waals surface area contributed by atoms with Gasteiger partial charge in [-0.1, -0.05) is 6.92 Å². The number of carbonyl (C=O) groups is 1. The van der Waals surface area contributed by atoms with Crippen molar-refractivity contribution in [3.8, 4) is 0 Å². The Hall–Kier alpha value is -0.420. The molecule has 0 bridgehead atoms. The first kappa shape index (κ1) is 11.6. The average molecular weight is 196 g/mol. The third kappa shape index (κ3) is 5.26. The molecular formula is C5H13N2O4P. The van der Waals surface area contributed by atoms with Crippen molar-refractivity contribution in [1.82, 2.24) is 5.32 Å². The van der Waals surface area contributed by atoms with Crippen LogP contribution in [0.2, 0.25) is 0 Å². The highest BCUT2D eigenvalue weighted by atomic mass is 31.2. The molecule has 0 aromatic heterocycles. The summed E-state index contributed by atoms with van der Waals surface area (Å²) in [6.07, 6.45) is -0.216. The van der Waals surface area contributed by atoms with E-state index in [4.69, 9.17) is 15.5 Å². The fourth-order valence-electron chi connectivity index (χ4n) is 0.497. The molecule has 72 valence electrons. The maximum atomic E-state index is 10.8. The number of hydrogen-bond donors (Lipinski definition) is 4. The molecule has 0 rings (SSSR count). The minimum atomic E-state index is -4.16. The molecule has 6 nitrogen and oxygen atoms in total. The van der Waals surface area contributed by atoms with Crippen LogP contribution >= 0.6 is 7.60 Å². The molecule has 0 saturated carbocycles. The summed E-state index contributed by atoms with van der Waals surface area (Å²) in [5.41, 5.74) is 5.28. The summed E-state index contributed by atoms with van der Waals surface area (Å²) >= 11 is 0. The zero-order valence-corrected chi connectivity index (χ0v) is 7.62. The standard InChI is InChI=1S/C5H13N2O4P/c1-2-4(6)5(8)7-3-12(9,10)11/h4H,2-3,6H2,1H3,(H,7,8)(H2,9,10,11). The van der Waals surface area contributed by atoms with Crippen LogP contribution in [0.4, 0.5) is 0 Å². The topological polar surface area (TPSA) is 113 Å². The highest BCUT2D eigenvalue weighted by Crippen LogP contribution is 2.31. The average Bonchev–Trinajstić information content (AvgIpc) is 1.97. The monoisotopic (exact) mass is 196 g/mol. The van der Waals surface area contributed by atoms with Crippen molar-refractivity contribution < 1.29 is 19.1 Å². The van der Waals surface area contributed by atoms with Gasteiger partial charge in [0.05, 0.1) is 6.04 Å². The van der Waals surface area contributed by atoms with E-state index in [1.807, 2.05) is 5.32 Å². The predicted octanol–water partition coefficient (Wildman–Crippen LogP) is -1.02. The Morgan fingerprint density at radius 3 is 2.50 bits per heavy atom. The van der Waals surface area contributed by atoms with Crippen LogP contribution in [-0.4, -0.2) is 28.0 Å². The van der Waals surface area contributed by atoms with Crippen molar-refractivity contribution in [3.05, 3.63) is 0 Å². The molecule has 1 unspecified atom stereocenters. The van der Waals surface area contributed by atoms with Crippen LogP contribution < -0.4 is 11.1 Å². The molecule has 0 saturated heterocycles. The zero-order valence-electron chi connectivity index (χ0n) is 6.73. The van der Waals surface area contributed by atoms with Crippen LogP contribution in [0, 0.1) is 0 Å². The van der Waals surface area contributed by atoms with Crippen molar-refractivity contribution in [1.29, 1.82) is 0 Å². The Balaban J connectivity index is 3.80. The van der Waals surface area contributed by atoms with Crippen molar-refractivity contribution in [2.45, 2.75) is 19.4 Å². The minimum Gasteiger partial charge on any atom is -0.343 e. The smallest absolute Gasteiger partial charge is 0.343 e. The van der Waals surface area contributed by atoms with Crippen LogP contribution in [0.3, 0.4) is 0 Å². The molecule has 0 spiro atoms. The van der Waals surface area contributed by atoms with Gasteiger partial charge < -0.3 is 20.8 Å². The van der Waals surface area contributed by atoms with Gasteiger partial charge in [0.2, 0.25) is 5.91 Å². The van der Waals surface area contributed by atoms with E-state index in [-0.39, 0.29) is 0 Å². The van der Waals surface area contributed by atoms with E-state index < -0.39 is 25.8 Å². The summed E-state index contributed by atoms with van der Waals surface area (Å²) < 4.78 is 10.3. The second-order valence-electron chi connectivity index (χ2n) is 2.38. The highest BCUT2D eigenvalue weighted by molar-refractivity contribution is 7.51. The van der Waals surface area contributed by atoms with Crippen LogP contribution in [0.5, 0.6) is 0 Å². The van der Waals surface area contributed by atoms with E-state index >= 15 is 0 Å². The fraction of sp³-hybridized carbons (Fsp3) is 0.800. The molecular weight excluding hydrogens is 183 g/mol. The normalized spacial score (nSPS) is 14.0. The lowest BCUT2D eigenvalue weighted by atomic mass is 10.2. The van der Waals surface area contributed by atoms with Gasteiger partial charge in [-0.2, -0.15) is 0 Å². The van der Waals surface area contributed by atoms with Gasteiger partial charge >= 0.3 is 7.60 Å². The molecule has 0 fully saturated rings. The second kappa shape index (κ2) is 4.57. The molecule has 12 heavy (non-hydrogen) atoms. The molecule has 0 aliphatic carbocycles. The Kier molecular flexibility index (Phi) is 4.41. The van der Waals surface area contributed by atoms with Gasteiger partial charge in [0.25, 0.3) is 0 Å². The lowest BCUT2D eigenvalue weighted by molar-refractivity contribution is -0.122. The molecule has 0 radical (unpaired) electrons. The maximum Gasteiger partial charge on any atom is 0.344 e. The van der Waals surface area contributed by atoms with Gasteiger partial charge in [-0.25, -0.2) is 0 Å². The molecule has 0 aliphatic rings. The summed E-state index contributed by atoms with van der Waals surface area (Å²) in [5.74, 6) is -0.541. The number of nitrogens with one attached hydrogen (secondary N) is 1. The summed E-state index contributed by atoms with van der Waals surface area (Å²) in [6, 6.07) is -0.698. The van der Waals surface area contributed by atoms with Crippen LogP contribution in [-0.2, 0) is 9.36 Å². The van der Waals surface area contributed by atoms with E-state index in [0.717, 1.165) is 0 Å². The molecule has 0 aliphatic heterocycles. The van der Waals surface area contributed by atoms with E-state index in [1.165, 1.54) is 0 Å². The largest absolute Gasteiger partial charge is 0.344 e. The molecule has 1 atom stereocenters. The van der Waals surface area contributed by atoms with E-state index in [9.17, 15) is 9.36 Å². The van der Waals surface area contributed by atoms with E-state index in [1.54, 1.807) is 6.92 Å². The van der Waals surface area contributed by atoms with Crippen LogP contribution in [0.1, 0.15) is 13.3 Å². The summed E-state index contributed by atoms with van der Waals surface area (Å²) in [7, 11) is -4.16. The van der Waals surface area contributed by atoms with E-state index in [2.05, 4.69) is 0 Å². The third-order valence-electron chi connectivity index (χ3n) is 1.24. The first-order chi connectivity index (χ1) is 5.37. The van der Waals surface area contributed by atoms with Gasteiger partial charge in [0, 0.05) is 0 Å². The third-order valence-corrected chi connectivity index (χ3v) is 1.81. The number of hydrogen-bond acceptors (Lipinski definition) is 3. The number of rotatable bonds is 4. The number of nitrogens with two attached hydrogens (primary N) is 1. The Morgan fingerprint density at radius 2 is 2.17 bits per heavy atom. The van der Waals surface area contributed by atoms with Crippen molar-refractivity contribution >= 4 is 13.5 Å². The van der Waals surface area contributed by atoms with Gasteiger partial charge in [0.15, 0.2) is 0 Å². The minimum absolute atomic E-state index is 0.437. The first-order valence-corrected chi connectivity index (χ1v) is 5.24. The molecule has 5 N–H and O–H groups in total. The Morgan fingerprint density at radius 1 is 1.67 bits per heavy atom. The Labute approximate surface area is 70.3 Å². The van der Waals surface area contributed by atoms with E-state index in [0.29, 0.717) is 6.42 Å². The van der Waals surface area contributed by atoms with Gasteiger partial charge in [-0.15, -0.1) is 0 Å². The van der Waals surface area contributed by atoms with Crippen molar-refractivity contribution in [3.63, 3.8) is 0 Å². The van der Waals surface area contributed by atoms with Gasteiger partial charge in [-0.05, 0) is 6.42 Å². The van der Waals surface area contributed by atoms with Crippen molar-refractivity contribution in [2.75, 3.05) is 6.29 Å². The first-order valence-electron chi connectivity index (χ1n) is 3.44. The van der Waals surface area contributed by atoms with Gasteiger partial charge in [0.1, 0.15) is 6.29 Å². The lowest BCUT2D eigenvalue weighted by Crippen LogP contribution is -2.40. The van der Waals surface area contributed by atoms with Gasteiger partial charge in [-0.3, -0.25) is 9.36 Å². The Bertz CT molecular complexity index is 202. The quantitative estimate of drug-likeness (QED) is 0.429. The molecule has 7 heteroatoms. The second-order valence-corrected chi connectivity index (χ2v) is 4.02. The fourth-order valence-corrected chi connectivity index (χ4v) is 0.859. The van der Waals surface area contributed by atoms with Crippen LogP contribution in [0.15, 0.2) is 0 Å². The predicted molar refractivity (Wildman–Crippen MR) is 43.3 cm³/mol. The summed E-state index contributed by atoms with van der Waals surface area (Å²) in [4.78, 5) is 27.6. The van der Waals surface area contributed by atoms with Crippen molar-refractivity contribution in [2.24, 2.45) is 5.73 Å². The maximum absolute atomic E-state index is 10.8. The highest BCUT2D eigenvalue weighted by Gasteiger charge is 2.17. The molecule has 1 amide bonds. The molecule has 0 aromatic carbocycles.